The predicted octanol–water partition coefficient (Wildman–Crippen LogP) is 5.20. The number of carbonyl (C=O) groups excluding carboxylic acids is 2. The minimum atomic E-state index is -0.272. The first-order valence-electron chi connectivity index (χ1n) is 10.6. The van der Waals surface area contributed by atoms with Crippen LogP contribution in [0, 0.1) is 0 Å². The summed E-state index contributed by atoms with van der Waals surface area (Å²) in [5.74, 6) is -0.528. The maximum absolute atomic E-state index is 13.3. The second-order valence-corrected chi connectivity index (χ2v) is 7.53. The summed E-state index contributed by atoms with van der Waals surface area (Å²) in [6, 6.07) is 23.3. The number of fused-ring (bicyclic) bond motifs is 1. The van der Waals surface area contributed by atoms with Crippen LogP contribution in [0.3, 0.4) is 0 Å². The minimum absolute atomic E-state index is 0.256. The van der Waals surface area contributed by atoms with Crippen LogP contribution in [0.4, 0.5) is 11.4 Å². The third-order valence-electron chi connectivity index (χ3n) is 5.26. The van der Waals surface area contributed by atoms with E-state index in [1.54, 1.807) is 67.3 Å². The second-order valence-electron chi connectivity index (χ2n) is 7.53. The van der Waals surface area contributed by atoms with Crippen LogP contribution >= 0.6 is 0 Å². The van der Waals surface area contributed by atoms with E-state index in [9.17, 15) is 9.59 Å². The van der Waals surface area contributed by atoms with E-state index in [1.807, 2.05) is 36.4 Å². The normalized spacial score (nSPS) is 10.6. The zero-order valence-corrected chi connectivity index (χ0v) is 18.0. The molecule has 0 saturated heterocycles. The Morgan fingerprint density at radius 2 is 1.29 bits per heavy atom. The molecule has 0 saturated carbocycles. The molecule has 0 fully saturated rings. The first-order valence-corrected chi connectivity index (χ1v) is 10.6. The Morgan fingerprint density at radius 1 is 0.647 bits per heavy atom. The lowest BCUT2D eigenvalue weighted by Gasteiger charge is -2.12. The lowest BCUT2D eigenvalue weighted by Crippen LogP contribution is -2.14. The number of anilines is 2. The molecular weight excluding hydrogens is 426 g/mol. The fourth-order valence-corrected chi connectivity index (χ4v) is 3.61. The van der Waals surface area contributed by atoms with Crippen molar-refractivity contribution >= 4 is 34.1 Å². The van der Waals surface area contributed by atoms with E-state index >= 15 is 0 Å². The number of hydrogen-bond donors (Lipinski definition) is 2. The minimum Gasteiger partial charge on any atom is -0.322 e. The quantitative estimate of drug-likeness (QED) is 0.388. The molecule has 5 aromatic rings. The molecule has 0 spiro atoms. The summed E-state index contributed by atoms with van der Waals surface area (Å²) < 4.78 is 0. The number of benzene rings is 2. The standard InChI is InChI=1S/C27H19N5O2/c33-26(19-10-14-29-15-11-19)30-20-4-3-5-21(16-20)31-27(34)23-17-25(18-8-12-28-13-9-18)32-24-7-2-1-6-22(23)24/h1-17H,(H,30,33)(H,31,34). The number of nitrogens with zero attached hydrogens (tertiary/aromatic N) is 3. The first-order chi connectivity index (χ1) is 16.7. The summed E-state index contributed by atoms with van der Waals surface area (Å²) in [5, 5.41) is 6.53. The number of aromatic nitrogens is 3. The molecular formula is C27H19N5O2. The van der Waals surface area contributed by atoms with E-state index in [1.165, 1.54) is 0 Å². The van der Waals surface area contributed by atoms with Gasteiger partial charge in [0.25, 0.3) is 11.8 Å². The molecule has 2 N–H and O–H groups in total. The SMILES string of the molecule is O=C(Nc1cccc(NC(=O)c2cc(-c3ccncc3)nc3ccccc23)c1)c1ccncc1. The second kappa shape index (κ2) is 9.30. The number of hydrogen-bond acceptors (Lipinski definition) is 5. The van der Waals surface area contributed by atoms with Crippen LogP contribution in [-0.4, -0.2) is 26.8 Å². The van der Waals surface area contributed by atoms with Crippen molar-refractivity contribution in [3.63, 3.8) is 0 Å². The van der Waals surface area contributed by atoms with E-state index in [4.69, 9.17) is 4.98 Å². The Morgan fingerprint density at radius 3 is 2.03 bits per heavy atom. The van der Waals surface area contributed by atoms with Gasteiger partial charge in [-0.3, -0.25) is 19.6 Å². The lowest BCUT2D eigenvalue weighted by molar-refractivity contribution is 0.102. The highest BCUT2D eigenvalue weighted by molar-refractivity contribution is 6.13. The van der Waals surface area contributed by atoms with E-state index < -0.39 is 0 Å². The van der Waals surface area contributed by atoms with Crippen LogP contribution in [0.2, 0.25) is 0 Å². The van der Waals surface area contributed by atoms with Gasteiger partial charge < -0.3 is 10.6 Å². The number of para-hydroxylation sites is 1. The number of pyridine rings is 3. The van der Waals surface area contributed by atoms with Crippen LogP contribution in [0.1, 0.15) is 20.7 Å². The van der Waals surface area contributed by atoms with Crippen LogP contribution in [0.15, 0.2) is 104 Å². The molecule has 2 amide bonds. The van der Waals surface area contributed by atoms with Gasteiger partial charge >= 0.3 is 0 Å². The lowest BCUT2D eigenvalue weighted by atomic mass is 10.0. The number of carbonyl (C=O) groups is 2. The largest absolute Gasteiger partial charge is 0.322 e. The van der Waals surface area contributed by atoms with Crippen molar-refractivity contribution in [3.05, 3.63) is 115 Å². The van der Waals surface area contributed by atoms with E-state index in [2.05, 4.69) is 20.6 Å². The third kappa shape index (κ3) is 4.49. The highest BCUT2D eigenvalue weighted by atomic mass is 16.2. The highest BCUT2D eigenvalue weighted by Crippen LogP contribution is 2.26. The molecule has 7 heteroatoms. The summed E-state index contributed by atoms with van der Waals surface area (Å²) in [6.07, 6.45) is 6.50. The Balaban J connectivity index is 1.43. The molecule has 3 aromatic heterocycles. The fraction of sp³-hybridized carbons (Fsp3) is 0. The number of nitrogens with one attached hydrogen (secondary N) is 2. The summed E-state index contributed by atoms with van der Waals surface area (Å²) in [4.78, 5) is 38.5. The van der Waals surface area contributed by atoms with Crippen LogP contribution in [0.25, 0.3) is 22.2 Å². The van der Waals surface area contributed by atoms with Crippen molar-refractivity contribution in [3.8, 4) is 11.3 Å². The van der Waals surface area contributed by atoms with Crippen molar-refractivity contribution in [2.45, 2.75) is 0 Å². The molecule has 5 rings (SSSR count). The van der Waals surface area contributed by atoms with Gasteiger partial charge in [0.15, 0.2) is 0 Å². The Bertz CT molecular complexity index is 1490. The third-order valence-corrected chi connectivity index (χ3v) is 5.26. The van der Waals surface area contributed by atoms with Gasteiger partial charge in [-0.15, -0.1) is 0 Å². The molecule has 0 aliphatic rings. The van der Waals surface area contributed by atoms with Gasteiger partial charge in [-0.25, -0.2) is 4.98 Å². The molecule has 34 heavy (non-hydrogen) atoms. The monoisotopic (exact) mass is 445 g/mol. The molecule has 0 radical (unpaired) electrons. The Hall–Kier alpha value is -4.91. The van der Waals surface area contributed by atoms with Crippen LogP contribution in [-0.2, 0) is 0 Å². The van der Waals surface area contributed by atoms with Gasteiger partial charge in [-0.05, 0) is 54.6 Å². The van der Waals surface area contributed by atoms with E-state index in [-0.39, 0.29) is 11.8 Å². The topological polar surface area (TPSA) is 96.9 Å². The fourth-order valence-electron chi connectivity index (χ4n) is 3.61. The van der Waals surface area contributed by atoms with Crippen LogP contribution < -0.4 is 10.6 Å². The van der Waals surface area contributed by atoms with Gasteiger partial charge in [0.05, 0.1) is 16.8 Å². The zero-order chi connectivity index (χ0) is 23.3. The average Bonchev–Trinajstić information content (AvgIpc) is 2.89. The molecule has 0 unspecified atom stereocenters. The smallest absolute Gasteiger partial charge is 0.256 e. The number of rotatable bonds is 5. The van der Waals surface area contributed by atoms with E-state index in [0.717, 1.165) is 16.5 Å². The molecule has 0 atom stereocenters. The van der Waals surface area contributed by atoms with Crippen molar-refractivity contribution < 1.29 is 9.59 Å². The molecule has 7 nitrogen and oxygen atoms in total. The maximum atomic E-state index is 13.3. The van der Waals surface area contributed by atoms with Crippen molar-refractivity contribution in [1.82, 2.24) is 15.0 Å². The summed E-state index contributed by atoms with van der Waals surface area (Å²) in [6.45, 7) is 0. The zero-order valence-electron chi connectivity index (χ0n) is 18.0. The summed E-state index contributed by atoms with van der Waals surface area (Å²) in [5.41, 5.74) is 4.40. The van der Waals surface area contributed by atoms with Crippen LogP contribution in [0.5, 0.6) is 0 Å². The summed E-state index contributed by atoms with van der Waals surface area (Å²) >= 11 is 0. The van der Waals surface area contributed by atoms with E-state index in [0.29, 0.717) is 28.2 Å². The maximum Gasteiger partial charge on any atom is 0.256 e. The van der Waals surface area contributed by atoms with Gasteiger partial charge in [0, 0.05) is 52.7 Å². The van der Waals surface area contributed by atoms with Gasteiger partial charge in [0.1, 0.15) is 0 Å². The van der Waals surface area contributed by atoms with Crippen molar-refractivity contribution in [1.29, 1.82) is 0 Å². The molecule has 0 aliphatic carbocycles. The van der Waals surface area contributed by atoms with Crippen molar-refractivity contribution in [2.75, 3.05) is 10.6 Å². The molecule has 2 aromatic carbocycles. The molecule has 164 valence electrons. The summed E-state index contributed by atoms with van der Waals surface area (Å²) in [7, 11) is 0. The van der Waals surface area contributed by atoms with Gasteiger partial charge in [0.2, 0.25) is 0 Å². The Labute approximate surface area is 195 Å². The van der Waals surface area contributed by atoms with Gasteiger partial charge in [-0.1, -0.05) is 24.3 Å². The first kappa shape index (κ1) is 21.0. The predicted molar refractivity (Wildman–Crippen MR) is 132 cm³/mol. The average molecular weight is 445 g/mol. The van der Waals surface area contributed by atoms with Crippen molar-refractivity contribution in [2.24, 2.45) is 0 Å². The molecule has 3 heterocycles. The molecule has 0 bridgehead atoms. The Kier molecular flexibility index (Phi) is 5.73. The highest BCUT2D eigenvalue weighted by Gasteiger charge is 2.15. The number of amides is 2. The molecule has 0 aliphatic heterocycles. The van der Waals surface area contributed by atoms with Gasteiger partial charge in [-0.2, -0.15) is 0 Å².